The van der Waals surface area contributed by atoms with Gasteiger partial charge in [-0.2, -0.15) is 4.98 Å². The first-order chi connectivity index (χ1) is 26.8. The molecular weight excluding hydrogens is 912 g/mol. The van der Waals surface area contributed by atoms with E-state index in [0.29, 0.717) is 5.33 Å². The van der Waals surface area contributed by atoms with Gasteiger partial charge in [-0.25, -0.2) is 4.79 Å². The fraction of sp³-hybridized carbons (Fsp3) is 0.119. The van der Waals surface area contributed by atoms with Crippen molar-refractivity contribution in [1.29, 1.82) is 0 Å². The lowest BCUT2D eigenvalue weighted by Crippen LogP contribution is -2.18. The number of nitrogens with zero attached hydrogens (tertiary/aromatic N) is 1. The quantitative estimate of drug-likeness (QED) is 0.0837. The smallest absolute Gasteiger partial charge is 0.309 e. The molecule has 0 saturated heterocycles. The molecule has 7 rings (SSSR count). The number of benzene rings is 6. The normalized spacial score (nSPS) is 9.34. The summed E-state index contributed by atoms with van der Waals surface area (Å²) in [6, 6.07) is 41.1. The summed E-state index contributed by atoms with van der Waals surface area (Å²) in [6.07, 6.45) is 1.58. The topological polar surface area (TPSA) is 213 Å². The van der Waals surface area contributed by atoms with Gasteiger partial charge < -0.3 is 31.8 Å². The zero-order valence-electron chi connectivity index (χ0n) is 30.9. The van der Waals surface area contributed by atoms with Crippen molar-refractivity contribution in [3.63, 3.8) is 0 Å². The monoisotopic (exact) mass is 952 g/mol. The number of ketones is 2. The van der Waals surface area contributed by atoms with E-state index in [1.165, 1.54) is 5.39 Å². The number of urea groups is 1. The van der Waals surface area contributed by atoms with E-state index < -0.39 is 12.0 Å². The molecule has 0 spiro atoms. The van der Waals surface area contributed by atoms with Crippen LogP contribution in [0, 0.1) is 0 Å². The highest BCUT2D eigenvalue weighted by Gasteiger charge is 2.08. The van der Waals surface area contributed by atoms with E-state index in [2.05, 4.69) is 78.8 Å². The number of anilines is 1. The lowest BCUT2D eigenvalue weighted by atomic mass is 10.0. The van der Waals surface area contributed by atoms with E-state index in [0.717, 1.165) is 56.2 Å². The Balaban J connectivity index is 0.000000365. The first kappa shape index (κ1) is 48.6. The molecule has 1 aromatic heterocycles. The number of primary amides is 2. The summed E-state index contributed by atoms with van der Waals surface area (Å²) in [4.78, 5) is 45.0. The van der Waals surface area contributed by atoms with E-state index in [4.69, 9.17) is 30.0 Å². The minimum absolute atomic E-state index is 0.122. The van der Waals surface area contributed by atoms with Gasteiger partial charge in [0, 0.05) is 58.5 Å². The number of aromatic nitrogens is 1. The number of carboxylic acids is 1. The van der Waals surface area contributed by atoms with Crippen molar-refractivity contribution < 1.29 is 33.8 Å². The Morgan fingerprint density at radius 1 is 0.661 bits per heavy atom. The van der Waals surface area contributed by atoms with E-state index in [1.54, 1.807) is 20.1 Å². The molecule has 0 fully saturated rings. The fourth-order valence-corrected chi connectivity index (χ4v) is 5.24. The maximum atomic E-state index is 11.6. The van der Waals surface area contributed by atoms with Crippen LogP contribution in [0.1, 0.15) is 41.5 Å². The predicted molar refractivity (Wildman–Crippen MR) is 238 cm³/mol. The molecule has 8 N–H and O–H groups in total. The second-order valence-electron chi connectivity index (χ2n) is 11.0. The van der Waals surface area contributed by atoms with Crippen LogP contribution >= 0.6 is 44.2 Å². The van der Waals surface area contributed by atoms with Crippen LogP contribution in [0.25, 0.3) is 43.6 Å². The first-order valence-corrected chi connectivity index (χ1v) is 21.4. The van der Waals surface area contributed by atoms with Crippen LogP contribution in [0.2, 0.25) is 0 Å². The van der Waals surface area contributed by atoms with Crippen LogP contribution in [-0.4, -0.2) is 50.7 Å². The SMILES string of the molecule is BrBr.CC(=O)O.CC(=O)c1cccc2ccccc12.CCO.NC(N)=O.Nc1nc(-c2cccc3ccccc23)co1.O=C(CBr)c1cccc2ccccc12. The number of aliphatic hydroxyl groups excluding tert-OH is 1. The van der Waals surface area contributed by atoms with Crippen molar-refractivity contribution in [3.05, 3.63) is 145 Å². The van der Waals surface area contributed by atoms with Crippen LogP contribution in [0.5, 0.6) is 0 Å². The lowest BCUT2D eigenvalue weighted by molar-refractivity contribution is -0.134. The molecule has 0 atom stereocenters. The first-order valence-electron chi connectivity index (χ1n) is 16.6. The molecular formula is C42H43Br3N4O7. The number of carboxylic acid groups (broad SMARTS) is 1. The largest absolute Gasteiger partial charge is 0.481 e. The second kappa shape index (κ2) is 27.2. The van der Waals surface area contributed by atoms with Gasteiger partial charge in [0.05, 0.1) is 5.33 Å². The Kier molecular flexibility index (Phi) is 23.6. The lowest BCUT2D eigenvalue weighted by Gasteiger charge is -2.02. The molecule has 0 radical (unpaired) electrons. The number of amides is 2. The zero-order chi connectivity index (χ0) is 42.0. The number of hydrogen-bond acceptors (Lipinski definition) is 8. The maximum absolute atomic E-state index is 11.6. The van der Waals surface area contributed by atoms with E-state index in [-0.39, 0.29) is 24.2 Å². The average molecular weight is 956 g/mol. The summed E-state index contributed by atoms with van der Waals surface area (Å²) in [5.41, 5.74) is 17.4. The number of hydrogen-bond donors (Lipinski definition) is 5. The molecule has 1 heterocycles. The number of fused-ring (bicyclic) bond motifs is 3. The van der Waals surface area contributed by atoms with E-state index >= 15 is 0 Å². The van der Waals surface area contributed by atoms with Crippen molar-refractivity contribution in [2.45, 2.75) is 20.8 Å². The van der Waals surface area contributed by atoms with Gasteiger partial charge in [0.1, 0.15) is 12.0 Å². The summed E-state index contributed by atoms with van der Waals surface area (Å²) < 4.78 is 5.03. The van der Waals surface area contributed by atoms with Crippen LogP contribution in [0.3, 0.4) is 0 Å². The number of carbonyl (C=O) groups excluding carboxylic acids is 3. The molecule has 0 saturated carbocycles. The summed E-state index contributed by atoms with van der Waals surface area (Å²) in [5.74, 6) is -0.585. The van der Waals surface area contributed by atoms with Crippen molar-refractivity contribution in [1.82, 2.24) is 4.98 Å². The Bertz CT molecular complexity index is 2260. The Labute approximate surface area is 348 Å². The molecule has 0 aliphatic rings. The van der Waals surface area contributed by atoms with Gasteiger partial charge in [0.25, 0.3) is 12.0 Å². The molecule has 294 valence electrons. The third-order valence-corrected chi connectivity index (χ3v) is 7.48. The molecule has 0 aliphatic heterocycles. The standard InChI is InChI=1S/C13H10N2O.C12H9BrO.C12H10O.C2H4O2.C2H6O.CH4N2O.Br2/c14-13-15-12(8-16-13)11-7-3-5-9-4-1-2-6-10(9)11;13-8-12(14)11-7-3-5-9-4-1-2-6-10(9)11;1-9(13)11-8-4-6-10-5-2-3-7-12(10)11;1-2(3)4;1-2-3;2-1(3)4;1-2/h1-8H,(H2,14,15);1-7H,8H2;2-8H,1H3;1H3,(H,3,4);3H,2H2,1H3;(H4,2,3,4);. The number of nitrogens with two attached hydrogens (primary N) is 3. The van der Waals surface area contributed by atoms with Crippen molar-refractivity contribution >= 4 is 106 Å². The third kappa shape index (κ3) is 16.9. The molecule has 2 amide bonds. The average Bonchev–Trinajstić information content (AvgIpc) is 3.63. The van der Waals surface area contributed by atoms with Crippen molar-refractivity contribution in [2.24, 2.45) is 11.5 Å². The Morgan fingerprint density at radius 2 is 1.02 bits per heavy atom. The van der Waals surface area contributed by atoms with Gasteiger partial charge in [-0.05, 0) is 46.2 Å². The molecule has 7 aromatic rings. The summed E-state index contributed by atoms with van der Waals surface area (Å²) >= 11 is 8.69. The van der Waals surface area contributed by atoms with Crippen LogP contribution in [-0.2, 0) is 4.79 Å². The van der Waals surface area contributed by atoms with Gasteiger partial charge in [0.2, 0.25) is 0 Å². The summed E-state index contributed by atoms with van der Waals surface area (Å²) in [7, 11) is 0. The number of carbonyl (C=O) groups is 4. The van der Waals surface area contributed by atoms with Crippen molar-refractivity contribution in [3.8, 4) is 11.3 Å². The number of aliphatic carboxylic acids is 1. The predicted octanol–water partition coefficient (Wildman–Crippen LogP) is 10.3. The molecule has 11 nitrogen and oxygen atoms in total. The van der Waals surface area contributed by atoms with Gasteiger partial charge in [-0.15, -0.1) is 0 Å². The molecule has 0 aliphatic carbocycles. The van der Waals surface area contributed by atoms with E-state index in [1.807, 2.05) is 109 Å². The maximum Gasteiger partial charge on any atom is 0.309 e. The number of oxazole rings is 1. The van der Waals surface area contributed by atoms with Crippen molar-refractivity contribution in [2.75, 3.05) is 17.7 Å². The summed E-state index contributed by atoms with van der Waals surface area (Å²) in [5, 5.41) is 22.0. The fourth-order valence-electron chi connectivity index (χ4n) is 4.93. The Morgan fingerprint density at radius 3 is 1.43 bits per heavy atom. The van der Waals surface area contributed by atoms with Crippen LogP contribution in [0.15, 0.2) is 138 Å². The number of Topliss-reactive ketones (excluding diaryl/α,β-unsaturated/α-hetero) is 2. The number of aliphatic hydroxyl groups is 1. The third-order valence-electron chi connectivity index (χ3n) is 6.97. The minimum Gasteiger partial charge on any atom is -0.481 e. The zero-order valence-corrected chi connectivity index (χ0v) is 35.6. The highest BCUT2D eigenvalue weighted by Crippen LogP contribution is 2.28. The second-order valence-corrected chi connectivity index (χ2v) is 11.6. The van der Waals surface area contributed by atoms with E-state index in [9.17, 15) is 9.59 Å². The number of nitrogen functional groups attached to an aromatic ring is 1. The number of rotatable bonds is 4. The Hall–Kier alpha value is -5.41. The molecule has 56 heavy (non-hydrogen) atoms. The number of alkyl halides is 1. The molecule has 6 aromatic carbocycles. The van der Waals surface area contributed by atoms with Gasteiger partial charge in [-0.3, -0.25) is 14.4 Å². The van der Waals surface area contributed by atoms with Gasteiger partial charge in [0.15, 0.2) is 11.6 Å². The molecule has 0 bridgehead atoms. The van der Waals surface area contributed by atoms with Crippen LogP contribution in [0.4, 0.5) is 10.8 Å². The highest BCUT2D eigenvalue weighted by molar-refractivity contribution is 9.93. The minimum atomic E-state index is -0.833. The van der Waals surface area contributed by atoms with Crippen LogP contribution < -0.4 is 17.2 Å². The number of halogens is 3. The summed E-state index contributed by atoms with van der Waals surface area (Å²) in [6.45, 7) is 4.61. The highest BCUT2D eigenvalue weighted by atomic mass is 80.9. The molecule has 14 heteroatoms. The molecule has 0 unspecified atom stereocenters. The van der Waals surface area contributed by atoms with Gasteiger partial charge >= 0.3 is 6.03 Å². The van der Waals surface area contributed by atoms with Gasteiger partial charge in [-0.1, -0.05) is 143 Å².